The van der Waals surface area contributed by atoms with Crippen LogP contribution in [0.15, 0.2) is 24.3 Å². The normalized spacial score (nSPS) is 12.6. The van der Waals surface area contributed by atoms with Crippen molar-refractivity contribution < 1.29 is 13.2 Å². The maximum Gasteiger partial charge on any atom is 0.418 e. The molecule has 0 heterocycles. The van der Waals surface area contributed by atoms with Crippen molar-refractivity contribution in [2.45, 2.75) is 25.6 Å². The first-order valence-corrected chi connectivity index (χ1v) is 4.91. The van der Waals surface area contributed by atoms with Crippen molar-refractivity contribution in [1.82, 2.24) is 0 Å². The van der Waals surface area contributed by atoms with Crippen molar-refractivity contribution >= 4 is 5.69 Å². The average Bonchev–Trinajstić information content (AvgIpc) is 2.16. The molecular weight excluding hydrogens is 217 g/mol. The van der Waals surface area contributed by atoms with Gasteiger partial charge in [0.1, 0.15) is 0 Å². The lowest BCUT2D eigenvalue weighted by Gasteiger charge is -2.27. The third-order valence-corrected chi connectivity index (χ3v) is 2.22. The first kappa shape index (κ1) is 12.8. The Hall–Kier alpha value is -1.23. The molecule has 0 aliphatic rings. The number of nitrogens with one attached hydrogen (secondary N) is 1. The summed E-state index contributed by atoms with van der Waals surface area (Å²) in [5.74, 6) is 0. The maximum absolute atomic E-state index is 12.7. The molecule has 0 spiro atoms. The molecule has 0 aliphatic heterocycles. The van der Waals surface area contributed by atoms with Gasteiger partial charge >= 0.3 is 6.18 Å². The number of alkyl halides is 3. The Bertz CT molecular complexity index is 358. The van der Waals surface area contributed by atoms with E-state index in [2.05, 4.69) is 5.32 Å². The van der Waals surface area contributed by atoms with Crippen molar-refractivity contribution in [2.24, 2.45) is 5.73 Å². The molecule has 0 saturated carbocycles. The molecule has 0 aromatic heterocycles. The molecule has 0 fully saturated rings. The number of anilines is 1. The molecule has 1 rings (SSSR count). The zero-order valence-electron chi connectivity index (χ0n) is 9.23. The van der Waals surface area contributed by atoms with Crippen LogP contribution in [-0.4, -0.2) is 12.1 Å². The van der Waals surface area contributed by atoms with Crippen LogP contribution in [0.4, 0.5) is 18.9 Å². The van der Waals surface area contributed by atoms with Crippen LogP contribution in [0.5, 0.6) is 0 Å². The highest BCUT2D eigenvalue weighted by Crippen LogP contribution is 2.35. The standard InChI is InChI=1S/C11H15F3N2/c1-10(2,7-15)16-9-6-4-3-5-8(9)11(12,13)14/h3-6,16H,7,15H2,1-2H3. The van der Waals surface area contributed by atoms with Crippen molar-refractivity contribution in [2.75, 3.05) is 11.9 Å². The number of hydrogen-bond acceptors (Lipinski definition) is 2. The second kappa shape index (κ2) is 4.33. The molecular formula is C11H15F3N2. The predicted molar refractivity (Wildman–Crippen MR) is 58.2 cm³/mol. The predicted octanol–water partition coefficient (Wildman–Crippen LogP) is 2.85. The summed E-state index contributed by atoms with van der Waals surface area (Å²) in [6.07, 6.45) is -4.35. The van der Waals surface area contributed by atoms with E-state index in [-0.39, 0.29) is 12.2 Å². The molecule has 0 bridgehead atoms. The Kier molecular flexibility index (Phi) is 3.48. The lowest BCUT2D eigenvalue weighted by Crippen LogP contribution is -2.39. The second-order valence-corrected chi connectivity index (χ2v) is 4.26. The van der Waals surface area contributed by atoms with Crippen molar-refractivity contribution in [3.63, 3.8) is 0 Å². The van der Waals surface area contributed by atoms with E-state index in [0.29, 0.717) is 0 Å². The quantitative estimate of drug-likeness (QED) is 0.841. The Morgan fingerprint density at radius 1 is 1.19 bits per heavy atom. The SMILES string of the molecule is CC(C)(CN)Nc1ccccc1C(F)(F)F. The molecule has 16 heavy (non-hydrogen) atoms. The van der Waals surface area contributed by atoms with Crippen LogP contribution in [0.1, 0.15) is 19.4 Å². The molecule has 1 aromatic carbocycles. The lowest BCUT2D eigenvalue weighted by molar-refractivity contribution is -0.137. The summed E-state index contributed by atoms with van der Waals surface area (Å²) < 4.78 is 38.0. The van der Waals surface area contributed by atoms with Gasteiger partial charge in [0.25, 0.3) is 0 Å². The minimum Gasteiger partial charge on any atom is -0.378 e. The fourth-order valence-corrected chi connectivity index (χ4v) is 1.25. The highest BCUT2D eigenvalue weighted by Gasteiger charge is 2.34. The minimum absolute atomic E-state index is 0.0606. The molecule has 0 radical (unpaired) electrons. The van der Waals surface area contributed by atoms with Crippen LogP contribution in [0.2, 0.25) is 0 Å². The highest BCUT2D eigenvalue weighted by molar-refractivity contribution is 5.54. The summed E-state index contributed by atoms with van der Waals surface area (Å²) in [7, 11) is 0. The zero-order chi connectivity index (χ0) is 12.4. The third kappa shape index (κ3) is 3.13. The first-order valence-electron chi connectivity index (χ1n) is 4.91. The summed E-state index contributed by atoms with van der Waals surface area (Å²) >= 11 is 0. The van der Waals surface area contributed by atoms with Gasteiger partial charge in [0, 0.05) is 17.8 Å². The van der Waals surface area contributed by atoms with Crippen molar-refractivity contribution in [1.29, 1.82) is 0 Å². The lowest BCUT2D eigenvalue weighted by atomic mass is 10.0. The number of rotatable bonds is 3. The van der Waals surface area contributed by atoms with Gasteiger partial charge in [0.2, 0.25) is 0 Å². The molecule has 90 valence electrons. The van der Waals surface area contributed by atoms with E-state index in [0.717, 1.165) is 6.07 Å². The Labute approximate surface area is 92.6 Å². The van der Waals surface area contributed by atoms with Gasteiger partial charge in [-0.15, -0.1) is 0 Å². The number of para-hydroxylation sites is 1. The Morgan fingerprint density at radius 2 is 1.75 bits per heavy atom. The van der Waals surface area contributed by atoms with E-state index in [1.54, 1.807) is 19.9 Å². The van der Waals surface area contributed by atoms with Crippen LogP contribution in [-0.2, 0) is 6.18 Å². The van der Waals surface area contributed by atoms with Crippen LogP contribution < -0.4 is 11.1 Å². The molecule has 0 atom stereocenters. The van der Waals surface area contributed by atoms with Crippen LogP contribution in [0, 0.1) is 0 Å². The molecule has 0 unspecified atom stereocenters. The first-order chi connectivity index (χ1) is 7.26. The van der Waals surface area contributed by atoms with E-state index in [4.69, 9.17) is 5.73 Å². The number of benzene rings is 1. The fraction of sp³-hybridized carbons (Fsp3) is 0.455. The smallest absolute Gasteiger partial charge is 0.378 e. The summed E-state index contributed by atoms with van der Waals surface area (Å²) in [6.45, 7) is 3.75. The van der Waals surface area contributed by atoms with Gasteiger partial charge in [0.05, 0.1) is 5.56 Å². The second-order valence-electron chi connectivity index (χ2n) is 4.26. The van der Waals surface area contributed by atoms with Gasteiger partial charge < -0.3 is 11.1 Å². The van der Waals surface area contributed by atoms with E-state index >= 15 is 0 Å². The summed E-state index contributed by atoms with van der Waals surface area (Å²) in [4.78, 5) is 0. The largest absolute Gasteiger partial charge is 0.418 e. The average molecular weight is 232 g/mol. The van der Waals surface area contributed by atoms with E-state index in [9.17, 15) is 13.2 Å². The summed E-state index contributed by atoms with van der Waals surface area (Å²) in [5, 5.41) is 2.80. The van der Waals surface area contributed by atoms with E-state index < -0.39 is 17.3 Å². The topological polar surface area (TPSA) is 38.0 Å². The van der Waals surface area contributed by atoms with Gasteiger partial charge in [-0.3, -0.25) is 0 Å². The molecule has 0 saturated heterocycles. The Balaban J connectivity index is 3.06. The monoisotopic (exact) mass is 232 g/mol. The van der Waals surface area contributed by atoms with E-state index in [1.807, 2.05) is 0 Å². The van der Waals surface area contributed by atoms with Crippen LogP contribution >= 0.6 is 0 Å². The minimum atomic E-state index is -4.35. The number of hydrogen-bond donors (Lipinski definition) is 2. The third-order valence-electron chi connectivity index (χ3n) is 2.22. The van der Waals surface area contributed by atoms with E-state index in [1.165, 1.54) is 12.1 Å². The Morgan fingerprint density at radius 3 is 2.25 bits per heavy atom. The molecule has 2 nitrogen and oxygen atoms in total. The van der Waals surface area contributed by atoms with Crippen molar-refractivity contribution in [3.05, 3.63) is 29.8 Å². The highest BCUT2D eigenvalue weighted by atomic mass is 19.4. The molecule has 3 N–H and O–H groups in total. The van der Waals surface area contributed by atoms with Gasteiger partial charge in [-0.2, -0.15) is 13.2 Å². The summed E-state index contributed by atoms with van der Waals surface area (Å²) in [5.41, 5.74) is 4.29. The van der Waals surface area contributed by atoms with Gasteiger partial charge in [-0.25, -0.2) is 0 Å². The molecule has 0 aliphatic carbocycles. The zero-order valence-corrected chi connectivity index (χ0v) is 9.23. The maximum atomic E-state index is 12.7. The molecule has 5 heteroatoms. The van der Waals surface area contributed by atoms with Gasteiger partial charge in [0.15, 0.2) is 0 Å². The van der Waals surface area contributed by atoms with Crippen LogP contribution in [0.25, 0.3) is 0 Å². The fourth-order valence-electron chi connectivity index (χ4n) is 1.25. The summed E-state index contributed by atoms with van der Waals surface area (Å²) in [6, 6.07) is 5.38. The number of halogens is 3. The number of nitrogens with two attached hydrogens (primary N) is 1. The van der Waals surface area contributed by atoms with Gasteiger partial charge in [-0.1, -0.05) is 12.1 Å². The van der Waals surface area contributed by atoms with Crippen LogP contribution in [0.3, 0.4) is 0 Å². The molecule has 1 aromatic rings. The van der Waals surface area contributed by atoms with Gasteiger partial charge in [-0.05, 0) is 26.0 Å². The van der Waals surface area contributed by atoms with Crippen molar-refractivity contribution in [3.8, 4) is 0 Å². The molecule has 0 amide bonds.